The average molecular weight is 453 g/mol. The number of anilines is 1. The molecule has 32 heavy (non-hydrogen) atoms. The molecular formula is C26H29ClN2O3. The molecule has 0 saturated carbocycles. The van der Waals surface area contributed by atoms with Crippen molar-refractivity contribution in [2.24, 2.45) is 0 Å². The minimum absolute atomic E-state index is 0.168. The van der Waals surface area contributed by atoms with Crippen LogP contribution in [0.4, 0.5) is 5.69 Å². The van der Waals surface area contributed by atoms with Gasteiger partial charge in [-0.05, 0) is 56.2 Å². The van der Waals surface area contributed by atoms with E-state index < -0.39 is 0 Å². The first-order valence-electron chi connectivity index (χ1n) is 10.7. The van der Waals surface area contributed by atoms with Crippen molar-refractivity contribution in [1.29, 1.82) is 0 Å². The predicted octanol–water partition coefficient (Wildman–Crippen LogP) is 5.66. The zero-order valence-corrected chi connectivity index (χ0v) is 19.5. The van der Waals surface area contributed by atoms with Crippen LogP contribution in [0.15, 0.2) is 60.7 Å². The molecule has 0 atom stereocenters. The van der Waals surface area contributed by atoms with E-state index in [9.17, 15) is 4.79 Å². The van der Waals surface area contributed by atoms with E-state index in [1.165, 1.54) is 11.1 Å². The van der Waals surface area contributed by atoms with Crippen LogP contribution in [0.3, 0.4) is 0 Å². The Morgan fingerprint density at radius 1 is 0.875 bits per heavy atom. The first-order chi connectivity index (χ1) is 15.4. The van der Waals surface area contributed by atoms with E-state index in [1.54, 1.807) is 0 Å². The van der Waals surface area contributed by atoms with Crippen LogP contribution < -0.4 is 20.1 Å². The molecule has 3 aromatic rings. The van der Waals surface area contributed by atoms with E-state index >= 15 is 0 Å². The Bertz CT molecular complexity index is 1030. The molecule has 2 N–H and O–H groups in total. The summed E-state index contributed by atoms with van der Waals surface area (Å²) in [5.41, 5.74) is 5.27. The predicted molar refractivity (Wildman–Crippen MR) is 130 cm³/mol. The van der Waals surface area contributed by atoms with Gasteiger partial charge in [0, 0.05) is 18.8 Å². The van der Waals surface area contributed by atoms with Gasteiger partial charge in [0.15, 0.2) is 18.1 Å². The molecule has 0 aliphatic rings. The van der Waals surface area contributed by atoms with E-state index in [0.717, 1.165) is 23.4 Å². The molecule has 0 aromatic heterocycles. The van der Waals surface area contributed by atoms with Crippen LogP contribution in [0, 0.1) is 13.8 Å². The van der Waals surface area contributed by atoms with Crippen molar-refractivity contribution in [2.75, 3.05) is 18.5 Å². The van der Waals surface area contributed by atoms with Crippen LogP contribution in [0.2, 0.25) is 5.02 Å². The SMILES string of the molecule is CCOc1cc(CNCc2ccc(C)cc2)cc(Cl)c1OCC(=O)Nc1ccc(C)cc1. The van der Waals surface area contributed by atoms with Gasteiger partial charge in [-0.3, -0.25) is 4.79 Å². The van der Waals surface area contributed by atoms with Crippen LogP contribution in [0.5, 0.6) is 11.5 Å². The highest BCUT2D eigenvalue weighted by atomic mass is 35.5. The van der Waals surface area contributed by atoms with E-state index in [-0.39, 0.29) is 12.5 Å². The van der Waals surface area contributed by atoms with E-state index in [2.05, 4.69) is 41.8 Å². The van der Waals surface area contributed by atoms with E-state index in [0.29, 0.717) is 29.7 Å². The molecule has 3 aromatic carbocycles. The van der Waals surface area contributed by atoms with Gasteiger partial charge in [0.2, 0.25) is 0 Å². The fourth-order valence-electron chi connectivity index (χ4n) is 3.16. The smallest absolute Gasteiger partial charge is 0.262 e. The molecule has 1 amide bonds. The lowest BCUT2D eigenvalue weighted by Gasteiger charge is -2.16. The van der Waals surface area contributed by atoms with Gasteiger partial charge in [-0.25, -0.2) is 0 Å². The highest BCUT2D eigenvalue weighted by molar-refractivity contribution is 6.32. The largest absolute Gasteiger partial charge is 0.490 e. The van der Waals surface area contributed by atoms with Crippen molar-refractivity contribution in [3.05, 3.63) is 87.9 Å². The molecule has 0 fully saturated rings. The molecule has 0 bridgehead atoms. The molecule has 5 nitrogen and oxygen atoms in total. The summed E-state index contributed by atoms with van der Waals surface area (Å²) in [6.07, 6.45) is 0. The molecular weight excluding hydrogens is 424 g/mol. The van der Waals surface area contributed by atoms with Crippen molar-refractivity contribution in [3.8, 4) is 11.5 Å². The van der Waals surface area contributed by atoms with Gasteiger partial charge >= 0.3 is 0 Å². The molecule has 0 unspecified atom stereocenters. The maximum absolute atomic E-state index is 12.3. The summed E-state index contributed by atoms with van der Waals surface area (Å²) in [4.78, 5) is 12.3. The van der Waals surface area contributed by atoms with Crippen molar-refractivity contribution in [2.45, 2.75) is 33.9 Å². The van der Waals surface area contributed by atoms with Crippen molar-refractivity contribution < 1.29 is 14.3 Å². The van der Waals surface area contributed by atoms with Crippen LogP contribution >= 0.6 is 11.6 Å². The summed E-state index contributed by atoms with van der Waals surface area (Å²) < 4.78 is 11.5. The Hall–Kier alpha value is -3.02. The Labute approximate surface area is 194 Å². The van der Waals surface area contributed by atoms with Crippen molar-refractivity contribution in [1.82, 2.24) is 5.32 Å². The van der Waals surface area contributed by atoms with Gasteiger partial charge in [-0.15, -0.1) is 0 Å². The Balaban J connectivity index is 1.60. The highest BCUT2D eigenvalue weighted by Gasteiger charge is 2.14. The maximum atomic E-state index is 12.3. The zero-order chi connectivity index (χ0) is 22.9. The minimum atomic E-state index is -0.267. The van der Waals surface area contributed by atoms with Gasteiger partial charge in [0.1, 0.15) is 0 Å². The number of amides is 1. The molecule has 0 saturated heterocycles. The van der Waals surface area contributed by atoms with Crippen molar-refractivity contribution >= 4 is 23.2 Å². The van der Waals surface area contributed by atoms with Gasteiger partial charge in [-0.2, -0.15) is 0 Å². The van der Waals surface area contributed by atoms with Gasteiger partial charge in [0.05, 0.1) is 11.6 Å². The number of carbonyl (C=O) groups is 1. The summed E-state index contributed by atoms with van der Waals surface area (Å²) in [5, 5.41) is 6.64. The summed E-state index contributed by atoms with van der Waals surface area (Å²) in [7, 11) is 0. The lowest BCUT2D eigenvalue weighted by molar-refractivity contribution is -0.118. The second kappa shape index (κ2) is 11.6. The normalized spacial score (nSPS) is 10.6. The molecule has 0 heterocycles. The summed E-state index contributed by atoms with van der Waals surface area (Å²) in [6.45, 7) is 7.63. The molecule has 3 rings (SSSR count). The Morgan fingerprint density at radius 2 is 1.50 bits per heavy atom. The molecule has 0 spiro atoms. The number of carbonyl (C=O) groups excluding carboxylic acids is 1. The van der Waals surface area contributed by atoms with Crippen molar-refractivity contribution in [3.63, 3.8) is 0 Å². The second-order valence-electron chi connectivity index (χ2n) is 7.63. The number of rotatable bonds is 10. The fraction of sp³-hybridized carbons (Fsp3) is 0.269. The standard InChI is InChI=1S/C26H29ClN2O3/c1-4-31-24-14-21(16-28-15-20-9-5-18(2)6-10-20)13-23(27)26(24)32-17-25(30)29-22-11-7-19(3)8-12-22/h5-14,28H,4,15-17H2,1-3H3,(H,29,30). The number of benzene rings is 3. The second-order valence-corrected chi connectivity index (χ2v) is 8.04. The van der Waals surface area contributed by atoms with E-state index in [1.807, 2.05) is 50.2 Å². The van der Waals surface area contributed by atoms with Crippen LogP contribution in [0.25, 0.3) is 0 Å². The number of hydrogen-bond acceptors (Lipinski definition) is 4. The van der Waals surface area contributed by atoms with Gasteiger partial charge < -0.3 is 20.1 Å². The lowest BCUT2D eigenvalue weighted by Crippen LogP contribution is -2.20. The number of hydrogen-bond donors (Lipinski definition) is 2. The summed E-state index contributed by atoms with van der Waals surface area (Å²) in [6, 6.07) is 19.7. The van der Waals surface area contributed by atoms with Gasteiger partial charge in [0.25, 0.3) is 5.91 Å². The average Bonchev–Trinajstić information content (AvgIpc) is 2.76. The Morgan fingerprint density at radius 3 is 2.16 bits per heavy atom. The first kappa shape index (κ1) is 23.6. The minimum Gasteiger partial charge on any atom is -0.490 e. The molecule has 168 valence electrons. The highest BCUT2D eigenvalue weighted by Crippen LogP contribution is 2.36. The quantitative estimate of drug-likeness (QED) is 0.416. The number of nitrogens with one attached hydrogen (secondary N) is 2. The number of aryl methyl sites for hydroxylation is 2. The molecule has 0 aliphatic heterocycles. The van der Waals surface area contributed by atoms with Gasteiger partial charge in [-0.1, -0.05) is 59.1 Å². The zero-order valence-electron chi connectivity index (χ0n) is 18.7. The third-order valence-corrected chi connectivity index (χ3v) is 5.11. The van der Waals surface area contributed by atoms with E-state index in [4.69, 9.17) is 21.1 Å². The number of halogens is 1. The van der Waals surface area contributed by atoms with Crippen LogP contribution in [0.1, 0.15) is 29.2 Å². The maximum Gasteiger partial charge on any atom is 0.262 e. The third-order valence-electron chi connectivity index (χ3n) is 4.83. The summed E-state index contributed by atoms with van der Waals surface area (Å²) in [5.74, 6) is 0.626. The Kier molecular flexibility index (Phi) is 8.54. The summed E-state index contributed by atoms with van der Waals surface area (Å²) >= 11 is 6.48. The van der Waals surface area contributed by atoms with Crippen LogP contribution in [-0.2, 0) is 17.9 Å². The lowest BCUT2D eigenvalue weighted by atomic mass is 10.1. The molecule has 0 aliphatic carbocycles. The topological polar surface area (TPSA) is 59.6 Å². The molecule has 6 heteroatoms. The third kappa shape index (κ3) is 7.01. The van der Waals surface area contributed by atoms with Crippen LogP contribution in [-0.4, -0.2) is 19.1 Å². The number of ether oxygens (including phenoxy) is 2. The fourth-order valence-corrected chi connectivity index (χ4v) is 3.44. The first-order valence-corrected chi connectivity index (χ1v) is 11.0. The monoisotopic (exact) mass is 452 g/mol. The molecule has 0 radical (unpaired) electrons.